The second-order valence-electron chi connectivity index (χ2n) is 15.5. The van der Waals surface area contributed by atoms with E-state index in [1.165, 1.54) is 30.3 Å². The van der Waals surface area contributed by atoms with Crippen molar-refractivity contribution in [2.75, 3.05) is 0 Å². The van der Waals surface area contributed by atoms with Crippen LogP contribution < -0.4 is 11.1 Å². The quantitative estimate of drug-likeness (QED) is 0.139. The largest absolute Gasteiger partial charge is 0.443 e. The fourth-order valence-electron chi connectivity index (χ4n) is 7.41. The Hall–Kier alpha value is -5.64. The van der Waals surface area contributed by atoms with E-state index in [0.29, 0.717) is 4.68 Å². The molecule has 0 radical (unpaired) electrons. The molecule has 1 aliphatic heterocycles. The Morgan fingerprint density at radius 3 is 2.42 bits per heavy atom. The van der Waals surface area contributed by atoms with E-state index in [1.54, 1.807) is 20.8 Å². The van der Waals surface area contributed by atoms with Gasteiger partial charge in [-0.15, -0.1) is 0 Å². The van der Waals surface area contributed by atoms with Crippen molar-refractivity contribution in [3.05, 3.63) is 82.9 Å². The first-order valence-electron chi connectivity index (χ1n) is 17.4. The lowest BCUT2D eigenvalue weighted by atomic mass is 9.86. The number of aromatic nitrogens is 5. The lowest BCUT2D eigenvalue weighted by molar-refractivity contribution is -0.132. The molecule has 12 nitrogen and oxygen atoms in total. The minimum absolute atomic E-state index is 0.0233. The van der Waals surface area contributed by atoms with E-state index in [4.69, 9.17) is 22.1 Å². The van der Waals surface area contributed by atoms with Gasteiger partial charge < -0.3 is 15.8 Å². The maximum Gasteiger partial charge on any atom is 0.407 e. The molecule has 0 bridgehead atoms. The van der Waals surface area contributed by atoms with Crippen molar-refractivity contribution in [3.63, 3.8) is 0 Å². The highest BCUT2D eigenvalue weighted by molar-refractivity contribution is 6.32. The number of alkyl halides is 6. The molecule has 3 heterocycles. The number of guanidine groups is 1. The van der Waals surface area contributed by atoms with E-state index in [2.05, 4.69) is 37.3 Å². The van der Waals surface area contributed by atoms with Gasteiger partial charge in [0.25, 0.3) is 18.3 Å². The maximum absolute atomic E-state index is 15.9. The number of nitrogens with two attached hydrogens (primary N) is 1. The van der Waals surface area contributed by atoms with Gasteiger partial charge in [-0.1, -0.05) is 41.6 Å². The van der Waals surface area contributed by atoms with Gasteiger partial charge in [0, 0.05) is 47.2 Å². The molecule has 2 aromatic carbocycles. The molecule has 4 aromatic rings. The van der Waals surface area contributed by atoms with Crippen molar-refractivity contribution in [2.45, 2.75) is 82.2 Å². The van der Waals surface area contributed by atoms with E-state index in [-0.39, 0.29) is 52.2 Å². The third kappa shape index (κ3) is 6.15. The SMILES string of the molecule is CC(C)(C)C#C[C@]1(c2ccc(-c3cnn(C(F)F)c3)c(F)c2)N=C(N)N(C2(c3ccc(Cl)c(-n4ncnc4C(F)F)c3)C[C@@H]2OC(=O)NC2CC23CC3(F)F)C1=O. The molecule has 3 saturated carbocycles. The molecular weight excluding hydrogens is 787 g/mol. The first-order chi connectivity index (χ1) is 26.7. The van der Waals surface area contributed by atoms with Crippen LogP contribution in [0, 0.1) is 28.5 Å². The van der Waals surface area contributed by atoms with Crippen LogP contribution in [0.5, 0.6) is 0 Å². The minimum atomic E-state index is -3.07. The first-order valence-corrected chi connectivity index (χ1v) is 17.8. The number of ether oxygens (including phenoxy) is 1. The van der Waals surface area contributed by atoms with Crippen LogP contribution >= 0.6 is 11.6 Å². The summed E-state index contributed by atoms with van der Waals surface area (Å²) in [5.74, 6) is -0.0907. The number of benzene rings is 2. The summed E-state index contributed by atoms with van der Waals surface area (Å²) in [4.78, 5) is 37.4. The summed E-state index contributed by atoms with van der Waals surface area (Å²) in [6.45, 7) is 2.28. The van der Waals surface area contributed by atoms with Gasteiger partial charge in [-0.25, -0.2) is 46.1 Å². The van der Waals surface area contributed by atoms with Crippen molar-refractivity contribution in [1.82, 2.24) is 34.8 Å². The number of hydrogen-bond donors (Lipinski definition) is 2. The van der Waals surface area contributed by atoms with Crippen LogP contribution in [0.3, 0.4) is 0 Å². The Bertz CT molecular complexity index is 2440. The summed E-state index contributed by atoms with van der Waals surface area (Å²) in [6, 6.07) is 6.85. The molecule has 8 rings (SSSR count). The predicted octanol–water partition coefficient (Wildman–Crippen LogP) is 6.85. The van der Waals surface area contributed by atoms with Crippen LogP contribution in [0.25, 0.3) is 16.8 Å². The maximum atomic E-state index is 15.9. The molecule has 57 heavy (non-hydrogen) atoms. The zero-order valence-corrected chi connectivity index (χ0v) is 30.8. The number of nitrogens with one attached hydrogen (secondary N) is 1. The minimum Gasteiger partial charge on any atom is -0.443 e. The van der Waals surface area contributed by atoms with Gasteiger partial charge in [0.1, 0.15) is 23.8 Å². The number of nitrogens with zero attached hydrogens (tertiary/aromatic N) is 7. The average Bonchev–Trinajstić information content (AvgIpc) is 3.90. The lowest BCUT2D eigenvalue weighted by Crippen LogP contribution is -2.50. The monoisotopic (exact) mass is 817 g/mol. The summed E-state index contributed by atoms with van der Waals surface area (Å²) in [5, 5.41) is 9.87. The zero-order valence-electron chi connectivity index (χ0n) is 30.1. The number of aliphatic imine (C=N–C) groups is 1. The standard InChI is InChI=1S/C37H31ClF7N9O3/c1-33(2,3)8-9-35(19-4-6-21(23(39)10-19)18-14-48-52(15-18)30(42)43)29(55)53(31(46)51-35)36(13-26(36)57-32(56)50-25-12-34(25)16-37(34,44)45)20-5-7-22(38)24(11-20)54-28(27(40)41)47-17-49-54/h4-7,10-11,14-15,17,25-27,30H,12-13,16H2,1-3H3,(H2,46,51)(H,50,56)/t25?,26-,34?,35+,36?/m0/s1. The highest BCUT2D eigenvalue weighted by Gasteiger charge is 2.84. The highest BCUT2D eigenvalue weighted by Crippen LogP contribution is 2.75. The highest BCUT2D eigenvalue weighted by atomic mass is 35.5. The number of hydrogen-bond acceptors (Lipinski definition) is 8. The summed E-state index contributed by atoms with van der Waals surface area (Å²) in [5.41, 5.74) is 0.486. The van der Waals surface area contributed by atoms with Crippen molar-refractivity contribution >= 4 is 29.6 Å². The van der Waals surface area contributed by atoms with Crippen molar-refractivity contribution in [3.8, 4) is 28.7 Å². The van der Waals surface area contributed by atoms with Gasteiger partial charge in [-0.2, -0.15) is 19.0 Å². The molecule has 5 atom stereocenters. The Kier molecular flexibility index (Phi) is 8.51. The number of halogens is 8. The van der Waals surface area contributed by atoms with Crippen molar-refractivity contribution in [2.24, 2.45) is 21.6 Å². The molecule has 2 amide bonds. The molecule has 20 heteroatoms. The fraction of sp³-hybridized carbons (Fsp3) is 0.405. The molecule has 0 saturated heterocycles. The van der Waals surface area contributed by atoms with Crippen molar-refractivity contribution < 1.29 is 45.1 Å². The van der Waals surface area contributed by atoms with Crippen LogP contribution in [0.4, 0.5) is 35.5 Å². The molecular formula is C37H31ClF7N9O3. The molecule has 1 spiro atoms. The van der Waals surface area contributed by atoms with E-state index in [9.17, 15) is 31.1 Å². The van der Waals surface area contributed by atoms with Crippen LogP contribution in [0.2, 0.25) is 5.02 Å². The molecule has 2 aromatic heterocycles. The van der Waals surface area contributed by atoms with Gasteiger partial charge in [0.15, 0.2) is 5.82 Å². The Labute approximate surface area is 324 Å². The summed E-state index contributed by atoms with van der Waals surface area (Å²) >= 11 is 6.48. The van der Waals surface area contributed by atoms with Crippen LogP contribution in [0.15, 0.2) is 60.1 Å². The second kappa shape index (κ2) is 12.7. The van der Waals surface area contributed by atoms with Gasteiger partial charge in [0.2, 0.25) is 11.5 Å². The number of carbonyl (C=O) groups is 2. The Morgan fingerprint density at radius 2 is 1.81 bits per heavy atom. The lowest BCUT2D eigenvalue weighted by Gasteiger charge is -2.31. The van der Waals surface area contributed by atoms with Crippen LogP contribution in [-0.2, 0) is 20.6 Å². The van der Waals surface area contributed by atoms with Gasteiger partial charge in [0.05, 0.1) is 22.3 Å². The predicted molar refractivity (Wildman–Crippen MR) is 188 cm³/mol. The second-order valence-corrected chi connectivity index (χ2v) is 15.9. The number of carbonyl (C=O) groups excluding carboxylic acids is 2. The van der Waals surface area contributed by atoms with Gasteiger partial charge >= 0.3 is 12.6 Å². The summed E-state index contributed by atoms with van der Waals surface area (Å²) in [7, 11) is 0. The zero-order chi connectivity index (χ0) is 41.0. The third-order valence-electron chi connectivity index (χ3n) is 10.6. The van der Waals surface area contributed by atoms with E-state index < -0.39 is 82.6 Å². The third-order valence-corrected chi connectivity index (χ3v) is 10.9. The fourth-order valence-corrected chi connectivity index (χ4v) is 7.61. The molecule has 4 aliphatic rings. The molecule has 3 N–H and O–H groups in total. The first kappa shape index (κ1) is 38.2. The Balaban J connectivity index is 1.21. The van der Waals surface area contributed by atoms with Crippen molar-refractivity contribution in [1.29, 1.82) is 0 Å². The van der Waals surface area contributed by atoms with E-state index in [1.807, 2.05) is 0 Å². The van der Waals surface area contributed by atoms with Gasteiger partial charge in [-0.3, -0.25) is 9.69 Å². The topological polar surface area (TPSA) is 146 Å². The molecule has 298 valence electrons. The smallest absolute Gasteiger partial charge is 0.407 e. The van der Waals surface area contributed by atoms with E-state index >= 15 is 9.18 Å². The normalized spacial score (nSPS) is 27.1. The van der Waals surface area contributed by atoms with Crippen LogP contribution in [0.1, 0.15) is 70.0 Å². The van der Waals surface area contributed by atoms with Gasteiger partial charge in [-0.05, 0) is 51.0 Å². The summed E-state index contributed by atoms with van der Waals surface area (Å²) in [6.07, 6.45) is -2.91. The van der Waals surface area contributed by atoms with Crippen LogP contribution in [-0.4, -0.2) is 65.5 Å². The van der Waals surface area contributed by atoms with E-state index in [0.717, 1.165) is 34.4 Å². The number of alkyl carbamates (subject to hydrolysis) is 1. The average molecular weight is 818 g/mol. The number of rotatable bonds is 9. The molecule has 3 unspecified atom stereocenters. The number of amides is 2. The summed E-state index contributed by atoms with van der Waals surface area (Å²) < 4.78 is 105. The molecule has 3 aliphatic carbocycles. The Morgan fingerprint density at radius 1 is 1.09 bits per heavy atom. The molecule has 3 fully saturated rings.